The number of benzene rings is 2. The van der Waals surface area contributed by atoms with E-state index in [1.165, 1.54) is 0 Å². The number of aryl methyl sites for hydroxylation is 1. The minimum atomic E-state index is -0.545. The number of nitrogens with zero attached hydrogens (tertiary/aromatic N) is 1. The molecule has 1 aliphatic rings. The molecular formula is C15H15NO2. The fourth-order valence-electron chi connectivity index (χ4n) is 2.63. The van der Waals surface area contributed by atoms with Crippen LogP contribution in [0.4, 0.5) is 5.69 Å². The number of amides is 1. The van der Waals surface area contributed by atoms with E-state index in [2.05, 4.69) is 6.07 Å². The number of aliphatic hydroxyl groups is 1. The van der Waals surface area contributed by atoms with E-state index in [4.69, 9.17) is 0 Å². The Morgan fingerprint density at radius 2 is 2.00 bits per heavy atom. The molecule has 1 N–H and O–H groups in total. The molecule has 1 atom stereocenters. The summed E-state index contributed by atoms with van der Waals surface area (Å²) in [6.07, 6.45) is -0.321. The van der Waals surface area contributed by atoms with Gasteiger partial charge in [-0.2, -0.15) is 0 Å². The molecule has 3 heteroatoms. The Labute approximate surface area is 106 Å². The largest absolute Gasteiger partial charge is 0.391 e. The zero-order chi connectivity index (χ0) is 12.7. The van der Waals surface area contributed by atoms with Crippen molar-refractivity contribution in [1.29, 1.82) is 0 Å². The first kappa shape index (κ1) is 11.2. The third-order valence-corrected chi connectivity index (χ3v) is 3.48. The molecule has 0 radical (unpaired) electrons. The van der Waals surface area contributed by atoms with Crippen molar-refractivity contribution in [1.82, 2.24) is 0 Å². The monoisotopic (exact) mass is 241 g/mol. The summed E-state index contributed by atoms with van der Waals surface area (Å²) in [7, 11) is 0. The summed E-state index contributed by atoms with van der Waals surface area (Å²) >= 11 is 0. The molecule has 0 aromatic heterocycles. The summed E-state index contributed by atoms with van der Waals surface area (Å²) in [6.45, 7) is 2.40. The molecule has 0 bridgehead atoms. The van der Waals surface area contributed by atoms with Crippen molar-refractivity contribution < 1.29 is 9.90 Å². The Morgan fingerprint density at radius 3 is 2.72 bits per heavy atom. The molecule has 1 aliphatic heterocycles. The van der Waals surface area contributed by atoms with E-state index >= 15 is 0 Å². The second kappa shape index (κ2) is 4.10. The van der Waals surface area contributed by atoms with Crippen molar-refractivity contribution in [2.45, 2.75) is 19.4 Å². The molecule has 1 heterocycles. The van der Waals surface area contributed by atoms with Crippen LogP contribution in [-0.2, 0) is 4.79 Å². The SMILES string of the molecule is Cc1ccc2ccccc2c1N1CC(O)CC1=O. The van der Waals surface area contributed by atoms with Crippen LogP contribution in [0.15, 0.2) is 36.4 Å². The standard InChI is InChI=1S/C15H15NO2/c1-10-6-7-11-4-2-3-5-13(11)15(10)16-9-12(17)8-14(16)18/h2-7,12,17H,8-9H2,1H3. The highest BCUT2D eigenvalue weighted by Gasteiger charge is 2.30. The van der Waals surface area contributed by atoms with Gasteiger partial charge < -0.3 is 10.0 Å². The van der Waals surface area contributed by atoms with Crippen molar-refractivity contribution in [3.05, 3.63) is 42.0 Å². The van der Waals surface area contributed by atoms with Gasteiger partial charge in [0.1, 0.15) is 0 Å². The summed E-state index contributed by atoms with van der Waals surface area (Å²) in [4.78, 5) is 13.7. The molecule has 2 aromatic rings. The van der Waals surface area contributed by atoms with E-state index in [0.717, 1.165) is 22.0 Å². The van der Waals surface area contributed by atoms with Gasteiger partial charge >= 0.3 is 0 Å². The molecule has 3 rings (SSSR count). The van der Waals surface area contributed by atoms with Crippen LogP contribution in [0, 0.1) is 6.92 Å². The zero-order valence-corrected chi connectivity index (χ0v) is 10.3. The maximum atomic E-state index is 11.9. The smallest absolute Gasteiger partial charge is 0.229 e. The number of β-amino-alcohol motifs (C(OH)–C–C–N with tert-alkyl or cyclic N) is 1. The summed E-state index contributed by atoms with van der Waals surface area (Å²) in [5, 5.41) is 11.8. The van der Waals surface area contributed by atoms with E-state index in [1.807, 2.05) is 37.3 Å². The molecule has 1 fully saturated rings. The Morgan fingerprint density at radius 1 is 1.22 bits per heavy atom. The van der Waals surface area contributed by atoms with E-state index in [9.17, 15) is 9.90 Å². The van der Waals surface area contributed by atoms with Crippen molar-refractivity contribution in [3.8, 4) is 0 Å². The normalized spacial score (nSPS) is 19.8. The minimum absolute atomic E-state index is 0.00181. The fourth-order valence-corrected chi connectivity index (χ4v) is 2.63. The number of rotatable bonds is 1. The quantitative estimate of drug-likeness (QED) is 0.831. The number of hydrogen-bond donors (Lipinski definition) is 1. The predicted octanol–water partition coefficient (Wildman–Crippen LogP) is 2.25. The summed E-state index contributed by atoms with van der Waals surface area (Å²) in [5.74, 6) is 0.00181. The van der Waals surface area contributed by atoms with Crippen molar-refractivity contribution in [2.24, 2.45) is 0 Å². The lowest BCUT2D eigenvalue weighted by Gasteiger charge is -2.20. The highest BCUT2D eigenvalue weighted by Crippen LogP contribution is 2.33. The van der Waals surface area contributed by atoms with Crippen LogP contribution in [-0.4, -0.2) is 23.7 Å². The van der Waals surface area contributed by atoms with Crippen molar-refractivity contribution in [2.75, 3.05) is 11.4 Å². The lowest BCUT2D eigenvalue weighted by Crippen LogP contribution is -2.26. The second-order valence-electron chi connectivity index (χ2n) is 4.81. The first-order chi connectivity index (χ1) is 8.66. The molecule has 18 heavy (non-hydrogen) atoms. The van der Waals surface area contributed by atoms with Gasteiger partial charge in [0.25, 0.3) is 0 Å². The maximum absolute atomic E-state index is 11.9. The van der Waals surface area contributed by atoms with Crippen LogP contribution < -0.4 is 4.90 Å². The van der Waals surface area contributed by atoms with Gasteiger partial charge in [-0.3, -0.25) is 4.79 Å². The topological polar surface area (TPSA) is 40.5 Å². The molecule has 1 amide bonds. The van der Waals surface area contributed by atoms with Gasteiger partial charge in [0, 0.05) is 5.39 Å². The number of carbonyl (C=O) groups excluding carboxylic acids is 1. The summed E-state index contributed by atoms with van der Waals surface area (Å²) in [6, 6.07) is 12.1. The summed E-state index contributed by atoms with van der Waals surface area (Å²) < 4.78 is 0. The molecule has 92 valence electrons. The number of carbonyl (C=O) groups is 1. The maximum Gasteiger partial charge on any atom is 0.229 e. The average Bonchev–Trinajstić information content (AvgIpc) is 2.68. The molecule has 0 saturated carbocycles. The average molecular weight is 241 g/mol. The Balaban J connectivity index is 2.22. The van der Waals surface area contributed by atoms with Gasteiger partial charge in [0.05, 0.1) is 24.8 Å². The van der Waals surface area contributed by atoms with E-state index in [-0.39, 0.29) is 12.3 Å². The predicted molar refractivity (Wildman–Crippen MR) is 71.7 cm³/mol. The molecule has 0 aliphatic carbocycles. The fraction of sp³-hybridized carbons (Fsp3) is 0.267. The number of hydrogen-bond acceptors (Lipinski definition) is 2. The lowest BCUT2D eigenvalue weighted by atomic mass is 10.0. The molecular weight excluding hydrogens is 226 g/mol. The van der Waals surface area contributed by atoms with Crippen LogP contribution in [0.3, 0.4) is 0 Å². The number of anilines is 1. The third kappa shape index (κ3) is 1.68. The molecule has 1 saturated heterocycles. The summed E-state index contributed by atoms with van der Waals surface area (Å²) in [5.41, 5.74) is 2.01. The van der Waals surface area contributed by atoms with Gasteiger partial charge in [0.2, 0.25) is 5.91 Å². The van der Waals surface area contributed by atoms with Crippen LogP contribution in [0.5, 0.6) is 0 Å². The number of fused-ring (bicyclic) bond motifs is 1. The molecule has 3 nitrogen and oxygen atoms in total. The van der Waals surface area contributed by atoms with E-state index < -0.39 is 6.10 Å². The van der Waals surface area contributed by atoms with Crippen molar-refractivity contribution in [3.63, 3.8) is 0 Å². The molecule has 1 unspecified atom stereocenters. The highest BCUT2D eigenvalue weighted by molar-refractivity contribution is 6.06. The Bertz CT molecular complexity index is 621. The Hall–Kier alpha value is -1.87. The van der Waals surface area contributed by atoms with Gasteiger partial charge in [-0.25, -0.2) is 0 Å². The minimum Gasteiger partial charge on any atom is -0.391 e. The van der Waals surface area contributed by atoms with Crippen LogP contribution in [0.1, 0.15) is 12.0 Å². The second-order valence-corrected chi connectivity index (χ2v) is 4.81. The van der Waals surface area contributed by atoms with Crippen molar-refractivity contribution >= 4 is 22.4 Å². The first-order valence-electron chi connectivity index (χ1n) is 6.13. The van der Waals surface area contributed by atoms with Gasteiger partial charge in [0.15, 0.2) is 0 Å². The van der Waals surface area contributed by atoms with Gasteiger partial charge in [-0.05, 0) is 17.9 Å². The molecule has 2 aromatic carbocycles. The van der Waals surface area contributed by atoms with Crippen LogP contribution in [0.25, 0.3) is 10.8 Å². The Kier molecular flexibility index (Phi) is 2.56. The first-order valence-corrected chi connectivity index (χ1v) is 6.13. The third-order valence-electron chi connectivity index (χ3n) is 3.48. The highest BCUT2D eigenvalue weighted by atomic mass is 16.3. The molecule has 0 spiro atoms. The van der Waals surface area contributed by atoms with Crippen LogP contribution >= 0.6 is 0 Å². The van der Waals surface area contributed by atoms with Gasteiger partial charge in [-0.1, -0.05) is 36.4 Å². The van der Waals surface area contributed by atoms with E-state index in [1.54, 1.807) is 4.90 Å². The number of aliphatic hydroxyl groups excluding tert-OH is 1. The lowest BCUT2D eigenvalue weighted by molar-refractivity contribution is -0.117. The zero-order valence-electron chi connectivity index (χ0n) is 10.3. The van der Waals surface area contributed by atoms with E-state index in [0.29, 0.717) is 6.54 Å². The van der Waals surface area contributed by atoms with Gasteiger partial charge in [-0.15, -0.1) is 0 Å². The van der Waals surface area contributed by atoms with Crippen LogP contribution in [0.2, 0.25) is 0 Å².